The lowest BCUT2D eigenvalue weighted by atomic mass is 10.1. The Morgan fingerprint density at radius 1 is 0.879 bits per heavy atom. The van der Waals surface area contributed by atoms with Crippen molar-refractivity contribution in [2.24, 2.45) is 0 Å². The number of furan rings is 1. The summed E-state index contributed by atoms with van der Waals surface area (Å²) >= 11 is 0. The molecule has 8 nitrogen and oxygen atoms in total. The number of benzene rings is 2. The van der Waals surface area contributed by atoms with E-state index in [1.165, 1.54) is 16.6 Å². The maximum atomic E-state index is 13.0. The number of carbonyl (C=O) groups excluding carboxylic acids is 2. The third-order valence-corrected chi connectivity index (χ3v) is 7.45. The monoisotopic (exact) mass is 467 g/mol. The molecule has 0 atom stereocenters. The predicted molar refractivity (Wildman–Crippen MR) is 125 cm³/mol. The van der Waals surface area contributed by atoms with Gasteiger partial charge in [-0.1, -0.05) is 12.5 Å². The van der Waals surface area contributed by atoms with E-state index in [1.807, 2.05) is 0 Å². The molecule has 3 aromatic rings. The Balaban J connectivity index is 1.47. The summed E-state index contributed by atoms with van der Waals surface area (Å²) in [5.41, 5.74) is 2.02. The lowest BCUT2D eigenvalue weighted by molar-refractivity contribution is 0.0994. The SMILES string of the molecule is Cc1ccc(S(=O)(=O)N2CCCCC2)cc1C(=O)Nc1ccc(NC(=O)c2ccco2)cc1. The molecule has 1 aromatic heterocycles. The summed E-state index contributed by atoms with van der Waals surface area (Å²) in [6, 6.07) is 14.4. The zero-order valence-electron chi connectivity index (χ0n) is 18.2. The average Bonchev–Trinajstić information content (AvgIpc) is 3.36. The third kappa shape index (κ3) is 5.15. The second kappa shape index (κ2) is 9.60. The van der Waals surface area contributed by atoms with Crippen molar-refractivity contribution in [3.63, 3.8) is 0 Å². The van der Waals surface area contributed by atoms with E-state index in [0.717, 1.165) is 19.3 Å². The van der Waals surface area contributed by atoms with Gasteiger partial charge in [0.1, 0.15) is 0 Å². The van der Waals surface area contributed by atoms with Crippen LogP contribution in [0.15, 0.2) is 70.2 Å². The molecule has 1 aliphatic rings. The van der Waals surface area contributed by atoms with Gasteiger partial charge >= 0.3 is 0 Å². The quantitative estimate of drug-likeness (QED) is 0.563. The number of nitrogens with zero attached hydrogens (tertiary/aromatic N) is 1. The van der Waals surface area contributed by atoms with Gasteiger partial charge in [0.25, 0.3) is 11.8 Å². The van der Waals surface area contributed by atoms with Gasteiger partial charge in [0, 0.05) is 30.0 Å². The van der Waals surface area contributed by atoms with Gasteiger partial charge in [-0.2, -0.15) is 4.31 Å². The van der Waals surface area contributed by atoms with E-state index in [9.17, 15) is 18.0 Å². The molecule has 0 saturated carbocycles. The summed E-state index contributed by atoms with van der Waals surface area (Å²) in [6.45, 7) is 2.76. The molecule has 1 aliphatic heterocycles. The fraction of sp³-hybridized carbons (Fsp3) is 0.250. The van der Waals surface area contributed by atoms with Gasteiger partial charge in [0.05, 0.1) is 11.2 Å². The predicted octanol–water partition coefficient (Wildman–Crippen LogP) is 4.27. The molecule has 0 radical (unpaired) electrons. The van der Waals surface area contributed by atoms with E-state index in [0.29, 0.717) is 35.6 Å². The molecule has 1 saturated heterocycles. The fourth-order valence-electron chi connectivity index (χ4n) is 3.70. The Morgan fingerprint density at radius 2 is 1.52 bits per heavy atom. The highest BCUT2D eigenvalue weighted by Crippen LogP contribution is 2.24. The first kappa shape index (κ1) is 22.8. The lowest BCUT2D eigenvalue weighted by Gasteiger charge is -2.26. The van der Waals surface area contributed by atoms with Crippen LogP contribution in [-0.2, 0) is 10.0 Å². The number of piperidine rings is 1. The molecule has 9 heteroatoms. The standard InChI is InChI=1S/C24H25N3O5S/c1-17-7-12-20(33(30,31)27-13-3-2-4-14-27)16-21(17)23(28)25-18-8-10-19(11-9-18)26-24(29)22-6-5-15-32-22/h5-12,15-16H,2-4,13-14H2,1H3,(H,25,28)(H,26,29). The summed E-state index contributed by atoms with van der Waals surface area (Å²) in [5, 5.41) is 5.49. The smallest absolute Gasteiger partial charge is 0.291 e. The molecular weight excluding hydrogens is 442 g/mol. The van der Waals surface area contributed by atoms with Crippen molar-refractivity contribution >= 4 is 33.2 Å². The molecule has 0 bridgehead atoms. The molecule has 2 heterocycles. The maximum Gasteiger partial charge on any atom is 0.291 e. The van der Waals surface area contributed by atoms with Crippen LogP contribution in [0.1, 0.15) is 45.7 Å². The van der Waals surface area contributed by atoms with Crippen molar-refractivity contribution in [3.05, 3.63) is 77.7 Å². The first-order valence-electron chi connectivity index (χ1n) is 10.7. The summed E-state index contributed by atoms with van der Waals surface area (Å²) in [6.07, 6.45) is 4.13. The number of amides is 2. The highest BCUT2D eigenvalue weighted by Gasteiger charge is 2.27. The summed E-state index contributed by atoms with van der Waals surface area (Å²) in [5.74, 6) is -0.586. The van der Waals surface area contributed by atoms with E-state index in [-0.39, 0.29) is 16.6 Å². The number of sulfonamides is 1. The molecule has 0 aliphatic carbocycles. The highest BCUT2D eigenvalue weighted by atomic mass is 32.2. The van der Waals surface area contributed by atoms with Gasteiger partial charge in [-0.3, -0.25) is 9.59 Å². The average molecular weight is 468 g/mol. The Morgan fingerprint density at radius 3 is 2.12 bits per heavy atom. The zero-order valence-corrected chi connectivity index (χ0v) is 19.0. The lowest BCUT2D eigenvalue weighted by Crippen LogP contribution is -2.35. The maximum absolute atomic E-state index is 13.0. The molecule has 2 aromatic carbocycles. The van der Waals surface area contributed by atoms with Gasteiger partial charge < -0.3 is 15.1 Å². The normalized spacial score (nSPS) is 14.6. The molecular formula is C24H25N3O5S. The highest BCUT2D eigenvalue weighted by molar-refractivity contribution is 7.89. The Labute approximate surface area is 192 Å². The number of anilines is 2. The van der Waals surface area contributed by atoms with Gasteiger partial charge in [-0.25, -0.2) is 8.42 Å². The van der Waals surface area contributed by atoms with Crippen molar-refractivity contribution in [2.75, 3.05) is 23.7 Å². The van der Waals surface area contributed by atoms with Crippen LogP contribution >= 0.6 is 0 Å². The molecule has 0 unspecified atom stereocenters. The molecule has 4 rings (SSSR count). The van der Waals surface area contributed by atoms with E-state index in [1.54, 1.807) is 55.5 Å². The molecule has 1 fully saturated rings. The Hall–Kier alpha value is -3.43. The van der Waals surface area contributed by atoms with Gasteiger partial charge in [-0.15, -0.1) is 0 Å². The van der Waals surface area contributed by atoms with Gasteiger partial charge in [0.15, 0.2) is 5.76 Å². The minimum absolute atomic E-state index is 0.121. The van der Waals surface area contributed by atoms with Crippen LogP contribution < -0.4 is 10.6 Å². The number of hydrogen-bond acceptors (Lipinski definition) is 5. The molecule has 33 heavy (non-hydrogen) atoms. The fourth-order valence-corrected chi connectivity index (χ4v) is 5.24. The minimum Gasteiger partial charge on any atom is -0.459 e. The van der Waals surface area contributed by atoms with Crippen molar-refractivity contribution in [2.45, 2.75) is 31.1 Å². The van der Waals surface area contributed by atoms with Crippen molar-refractivity contribution in [1.82, 2.24) is 4.31 Å². The molecule has 172 valence electrons. The summed E-state index contributed by atoms with van der Waals surface area (Å²) < 4.78 is 32.5. The zero-order chi connectivity index (χ0) is 23.4. The van der Waals surface area contributed by atoms with Gasteiger partial charge in [0.2, 0.25) is 10.0 Å². The van der Waals surface area contributed by atoms with Crippen LogP contribution in [0.2, 0.25) is 0 Å². The molecule has 0 spiro atoms. The van der Waals surface area contributed by atoms with Crippen LogP contribution in [-0.4, -0.2) is 37.6 Å². The van der Waals surface area contributed by atoms with E-state index < -0.39 is 15.9 Å². The molecule has 2 N–H and O–H groups in total. The van der Waals surface area contributed by atoms with E-state index in [2.05, 4.69) is 10.6 Å². The van der Waals surface area contributed by atoms with Crippen LogP contribution in [0.5, 0.6) is 0 Å². The number of hydrogen-bond donors (Lipinski definition) is 2. The van der Waals surface area contributed by atoms with Gasteiger partial charge in [-0.05, 0) is 73.9 Å². The van der Waals surface area contributed by atoms with Crippen LogP contribution in [0.4, 0.5) is 11.4 Å². The first-order chi connectivity index (χ1) is 15.8. The number of carbonyl (C=O) groups is 2. The second-order valence-corrected chi connectivity index (χ2v) is 9.84. The second-order valence-electron chi connectivity index (χ2n) is 7.90. The topological polar surface area (TPSA) is 109 Å². The number of nitrogens with one attached hydrogen (secondary N) is 2. The van der Waals surface area contributed by atoms with E-state index in [4.69, 9.17) is 4.42 Å². The molecule has 2 amide bonds. The van der Waals surface area contributed by atoms with Crippen molar-refractivity contribution in [3.8, 4) is 0 Å². The van der Waals surface area contributed by atoms with Crippen molar-refractivity contribution in [1.29, 1.82) is 0 Å². The Kier molecular flexibility index (Phi) is 6.62. The number of aryl methyl sites for hydroxylation is 1. The first-order valence-corrected chi connectivity index (χ1v) is 12.2. The van der Waals surface area contributed by atoms with Crippen LogP contribution in [0, 0.1) is 6.92 Å². The third-order valence-electron chi connectivity index (χ3n) is 5.55. The summed E-state index contributed by atoms with van der Waals surface area (Å²) in [7, 11) is -3.64. The van der Waals surface area contributed by atoms with Crippen LogP contribution in [0.3, 0.4) is 0 Å². The summed E-state index contributed by atoms with van der Waals surface area (Å²) in [4.78, 5) is 25.1. The largest absolute Gasteiger partial charge is 0.459 e. The van der Waals surface area contributed by atoms with E-state index >= 15 is 0 Å². The number of rotatable bonds is 6. The van der Waals surface area contributed by atoms with Crippen molar-refractivity contribution < 1.29 is 22.4 Å². The minimum atomic E-state index is -3.64. The van der Waals surface area contributed by atoms with Crippen LogP contribution in [0.25, 0.3) is 0 Å². The Bertz CT molecular complexity index is 1250.